The predicted octanol–water partition coefficient (Wildman–Crippen LogP) is -0.271. The monoisotopic (exact) mass is 163 g/mol. The molecule has 0 aromatic carbocycles. The molecule has 0 amide bonds. The van der Waals surface area contributed by atoms with Crippen LogP contribution in [-0.2, 0) is 19.5 Å². The first-order chi connectivity index (χ1) is 3.50. The third kappa shape index (κ3) is 3.53. The molecule has 0 aromatic rings. The summed E-state index contributed by atoms with van der Waals surface area (Å²) < 4.78 is 0. The molecule has 1 fully saturated rings. The van der Waals surface area contributed by atoms with Crippen LogP contribution >= 0.6 is 0 Å². The van der Waals surface area contributed by atoms with E-state index in [0.717, 1.165) is 19.6 Å². The van der Waals surface area contributed by atoms with E-state index in [1.54, 1.807) is 0 Å². The molecule has 0 aliphatic carbocycles. The molecule has 8 heavy (non-hydrogen) atoms. The van der Waals surface area contributed by atoms with E-state index in [0.29, 0.717) is 0 Å². The Hall–Kier alpha value is 0.543. The van der Waals surface area contributed by atoms with Crippen molar-refractivity contribution in [2.24, 2.45) is 0 Å². The molecule has 1 rings (SSSR count). The Balaban J connectivity index is 0.000000490. The maximum Gasteiger partial charge on any atom is 0 e. The Morgan fingerprint density at radius 3 is 3.00 bits per heavy atom. The second-order valence-corrected chi connectivity index (χ2v) is 1.72. The quantitative estimate of drug-likeness (QED) is 0.381. The molecule has 2 nitrogen and oxygen atoms in total. The predicted molar refractivity (Wildman–Crippen MR) is 29.8 cm³/mol. The van der Waals surface area contributed by atoms with Crippen molar-refractivity contribution in [2.75, 3.05) is 19.6 Å². The maximum absolute atomic E-state index is 3.23. The third-order valence-corrected chi connectivity index (χ3v) is 1.07. The first-order valence-corrected chi connectivity index (χ1v) is 2.76. The van der Waals surface area contributed by atoms with Gasteiger partial charge in [0, 0.05) is 19.5 Å². The smallest absolute Gasteiger partial charge is 0 e. The van der Waals surface area contributed by atoms with Gasteiger partial charge in [-0.25, -0.2) is 0 Å². The largest absolute Gasteiger partial charge is 0.469 e. The normalized spacial score (nSPS) is 21.0. The summed E-state index contributed by atoms with van der Waals surface area (Å²) >= 11 is 0. The van der Waals surface area contributed by atoms with E-state index in [4.69, 9.17) is 0 Å². The fourth-order valence-corrected chi connectivity index (χ4v) is 0.664. The van der Waals surface area contributed by atoms with E-state index in [9.17, 15) is 0 Å². The minimum atomic E-state index is 0. The summed E-state index contributed by atoms with van der Waals surface area (Å²) in [4.78, 5) is 0. The molecule has 44 valence electrons. The Bertz CT molecular complexity index is 30.0. The topological polar surface area (TPSA) is 24.1 Å². The van der Waals surface area contributed by atoms with Crippen molar-refractivity contribution in [2.45, 2.75) is 6.42 Å². The molecule has 0 bridgehead atoms. The SMILES string of the molecule is [CH-]1CNCCCN1.[Zn]. The van der Waals surface area contributed by atoms with Crippen molar-refractivity contribution in [3.05, 3.63) is 6.54 Å². The van der Waals surface area contributed by atoms with Gasteiger partial charge in [-0.05, 0) is 19.5 Å². The van der Waals surface area contributed by atoms with E-state index in [2.05, 4.69) is 17.2 Å². The number of nitrogens with one attached hydrogen (secondary N) is 2. The molecule has 1 saturated heterocycles. The van der Waals surface area contributed by atoms with Gasteiger partial charge in [-0.3, -0.25) is 6.54 Å². The molecule has 0 saturated carbocycles. The van der Waals surface area contributed by atoms with Crippen molar-refractivity contribution >= 4 is 0 Å². The second-order valence-electron chi connectivity index (χ2n) is 1.72. The maximum atomic E-state index is 3.23. The van der Waals surface area contributed by atoms with Crippen molar-refractivity contribution in [3.8, 4) is 0 Å². The van der Waals surface area contributed by atoms with Crippen LogP contribution in [0.5, 0.6) is 0 Å². The van der Waals surface area contributed by atoms with E-state index in [1.807, 2.05) is 0 Å². The van der Waals surface area contributed by atoms with Crippen LogP contribution in [0.1, 0.15) is 6.42 Å². The van der Waals surface area contributed by atoms with Gasteiger partial charge < -0.3 is 10.6 Å². The van der Waals surface area contributed by atoms with E-state index >= 15 is 0 Å². The van der Waals surface area contributed by atoms with Crippen molar-refractivity contribution in [1.82, 2.24) is 10.6 Å². The average molecular weight is 165 g/mol. The van der Waals surface area contributed by atoms with Crippen LogP contribution in [0.3, 0.4) is 0 Å². The molecule has 3 heteroatoms. The fourth-order valence-electron chi connectivity index (χ4n) is 0.664. The number of rotatable bonds is 0. The summed E-state index contributed by atoms with van der Waals surface area (Å²) in [6, 6.07) is 0. The summed E-state index contributed by atoms with van der Waals surface area (Å²) in [6.07, 6.45) is 1.25. The van der Waals surface area contributed by atoms with E-state index in [1.165, 1.54) is 6.42 Å². The zero-order valence-corrected chi connectivity index (χ0v) is 8.08. The van der Waals surface area contributed by atoms with Crippen LogP contribution in [0, 0.1) is 6.54 Å². The molecule has 0 atom stereocenters. The van der Waals surface area contributed by atoms with Crippen LogP contribution in [-0.4, -0.2) is 19.6 Å². The molecule has 2 N–H and O–H groups in total. The molecule has 1 heterocycles. The van der Waals surface area contributed by atoms with Gasteiger partial charge in [-0.2, -0.15) is 0 Å². The minimum absolute atomic E-state index is 0. The van der Waals surface area contributed by atoms with Gasteiger partial charge in [-0.15, -0.1) is 6.54 Å². The first kappa shape index (κ1) is 8.54. The van der Waals surface area contributed by atoms with Crippen LogP contribution in [0.2, 0.25) is 0 Å². The Kier molecular flexibility index (Phi) is 6.06. The summed E-state index contributed by atoms with van der Waals surface area (Å²) in [5.74, 6) is 0. The fraction of sp³-hybridized carbons (Fsp3) is 0.800. The Morgan fingerprint density at radius 2 is 2.12 bits per heavy atom. The van der Waals surface area contributed by atoms with Gasteiger partial charge in [0.2, 0.25) is 0 Å². The summed E-state index contributed by atoms with van der Waals surface area (Å²) in [5.41, 5.74) is 0. The van der Waals surface area contributed by atoms with Crippen molar-refractivity contribution < 1.29 is 19.5 Å². The van der Waals surface area contributed by atoms with Gasteiger partial charge in [-0.1, -0.05) is 0 Å². The van der Waals surface area contributed by atoms with Crippen molar-refractivity contribution in [3.63, 3.8) is 0 Å². The Morgan fingerprint density at radius 1 is 1.25 bits per heavy atom. The van der Waals surface area contributed by atoms with E-state index in [-0.39, 0.29) is 19.5 Å². The first-order valence-electron chi connectivity index (χ1n) is 2.76. The molecule has 1 aliphatic heterocycles. The minimum Gasteiger partial charge on any atom is -0.469 e. The molecule has 0 spiro atoms. The molecule has 0 unspecified atom stereocenters. The van der Waals surface area contributed by atoms with Gasteiger partial charge in [0.25, 0.3) is 0 Å². The zero-order chi connectivity index (χ0) is 4.95. The Labute approximate surface area is 63.2 Å². The molecular weight excluding hydrogens is 153 g/mol. The van der Waals surface area contributed by atoms with E-state index < -0.39 is 0 Å². The number of hydrogen-bond donors (Lipinski definition) is 2. The number of hydrogen-bond acceptors (Lipinski definition) is 2. The summed E-state index contributed by atoms with van der Waals surface area (Å²) in [7, 11) is 0. The molecule has 0 radical (unpaired) electrons. The van der Waals surface area contributed by atoms with Gasteiger partial charge in [0.1, 0.15) is 0 Å². The summed E-state index contributed by atoms with van der Waals surface area (Å²) in [6.45, 7) is 5.36. The van der Waals surface area contributed by atoms with Crippen LogP contribution < -0.4 is 10.6 Å². The zero-order valence-electron chi connectivity index (χ0n) is 5.11. The second kappa shape index (κ2) is 5.68. The van der Waals surface area contributed by atoms with Crippen molar-refractivity contribution in [1.29, 1.82) is 0 Å². The van der Waals surface area contributed by atoms with Crippen LogP contribution in [0.15, 0.2) is 0 Å². The van der Waals surface area contributed by atoms with Gasteiger partial charge in [0.15, 0.2) is 0 Å². The van der Waals surface area contributed by atoms with Crippen LogP contribution in [0.4, 0.5) is 0 Å². The van der Waals surface area contributed by atoms with Gasteiger partial charge in [0.05, 0.1) is 0 Å². The van der Waals surface area contributed by atoms with Crippen LogP contribution in [0.25, 0.3) is 0 Å². The third-order valence-electron chi connectivity index (χ3n) is 1.07. The standard InChI is InChI=1S/C5H11N2.Zn/c1-2-6-4-5-7-3-1;/h4,6-7H,1-3,5H2;/q-1;. The molecular formula is C5H11N2Zn-. The average Bonchev–Trinajstić information content (AvgIpc) is 1.90. The molecule has 0 aromatic heterocycles. The molecule has 1 aliphatic rings. The summed E-state index contributed by atoms with van der Waals surface area (Å²) in [5, 5.41) is 6.39. The van der Waals surface area contributed by atoms with Gasteiger partial charge >= 0.3 is 0 Å².